The Hall–Kier alpha value is 0.110. The molecule has 0 aliphatic rings. The van der Waals surface area contributed by atoms with Crippen molar-refractivity contribution in [2.24, 2.45) is 5.92 Å². The number of aliphatic hydroxyl groups is 2. The van der Waals surface area contributed by atoms with Crippen LogP contribution in [0.2, 0.25) is 0 Å². The summed E-state index contributed by atoms with van der Waals surface area (Å²) in [6.07, 6.45) is 2.36. The van der Waals surface area contributed by atoms with Gasteiger partial charge in [0.15, 0.2) is 0 Å². The molecule has 0 aromatic heterocycles. The highest BCUT2D eigenvalue weighted by molar-refractivity contribution is 7.58. The molecule has 0 aliphatic heterocycles. The second-order valence-corrected chi connectivity index (χ2v) is 6.75. The summed E-state index contributed by atoms with van der Waals surface area (Å²) in [6.45, 7) is 4.33. The molecule has 4 nitrogen and oxygen atoms in total. The molecular weight excluding hydrogens is 215 g/mol. The number of rotatable bonds is 9. The molecule has 0 heterocycles. The molecule has 0 aromatic rings. The van der Waals surface area contributed by atoms with Crippen LogP contribution in [0.25, 0.3) is 0 Å². The van der Waals surface area contributed by atoms with E-state index in [1.165, 1.54) is 0 Å². The zero-order valence-electron chi connectivity index (χ0n) is 9.69. The topological polar surface area (TPSA) is 66.8 Å². The van der Waals surface area contributed by atoms with Crippen molar-refractivity contribution in [1.82, 2.24) is 0 Å². The van der Waals surface area contributed by atoms with E-state index in [2.05, 4.69) is 0 Å². The zero-order chi connectivity index (χ0) is 11.7. The highest BCUT2D eigenvalue weighted by Crippen LogP contribution is 2.48. The molecule has 0 rings (SSSR count). The average Bonchev–Trinajstić information content (AvgIpc) is 2.24. The Morgan fingerprint density at radius 1 is 1.33 bits per heavy atom. The minimum absolute atomic E-state index is 0.0219. The van der Waals surface area contributed by atoms with Crippen LogP contribution in [0.3, 0.4) is 0 Å². The Bertz CT molecular complexity index is 196. The largest absolute Gasteiger partial charge is 0.396 e. The Morgan fingerprint density at radius 2 is 2.00 bits per heavy atom. The maximum absolute atomic E-state index is 12.1. The summed E-state index contributed by atoms with van der Waals surface area (Å²) in [5.41, 5.74) is 0. The Kier molecular flexibility index (Phi) is 8.34. The van der Waals surface area contributed by atoms with Crippen molar-refractivity contribution in [1.29, 1.82) is 0 Å². The molecule has 15 heavy (non-hydrogen) atoms. The van der Waals surface area contributed by atoms with Crippen LogP contribution in [-0.4, -0.2) is 42.4 Å². The van der Waals surface area contributed by atoms with Crippen LogP contribution < -0.4 is 0 Å². The highest BCUT2D eigenvalue weighted by Gasteiger charge is 2.23. The van der Waals surface area contributed by atoms with Gasteiger partial charge >= 0.3 is 0 Å². The van der Waals surface area contributed by atoms with E-state index in [4.69, 9.17) is 14.7 Å². The van der Waals surface area contributed by atoms with E-state index in [0.29, 0.717) is 25.4 Å². The SMILES string of the molecule is CCP(=O)(CC(C)CO)OCCCCO. The van der Waals surface area contributed by atoms with Crippen LogP contribution in [-0.2, 0) is 9.09 Å². The maximum atomic E-state index is 12.1. The molecule has 92 valence electrons. The first-order valence-corrected chi connectivity index (χ1v) is 7.51. The summed E-state index contributed by atoms with van der Waals surface area (Å²) in [7, 11) is -2.55. The van der Waals surface area contributed by atoms with Gasteiger partial charge in [-0.1, -0.05) is 13.8 Å². The summed E-state index contributed by atoms with van der Waals surface area (Å²) in [6, 6.07) is 0. The summed E-state index contributed by atoms with van der Waals surface area (Å²) < 4.78 is 17.5. The molecule has 0 saturated carbocycles. The second-order valence-electron chi connectivity index (χ2n) is 3.87. The van der Waals surface area contributed by atoms with Gasteiger partial charge in [0.1, 0.15) is 0 Å². The van der Waals surface area contributed by atoms with Gasteiger partial charge in [-0.2, -0.15) is 0 Å². The first-order valence-electron chi connectivity index (χ1n) is 5.52. The standard InChI is InChI=1S/C10H23O4P/c1-3-15(13,9-10(2)8-12)14-7-5-4-6-11/h10-12H,3-9H2,1-2H3. The van der Waals surface area contributed by atoms with Gasteiger partial charge in [-0.3, -0.25) is 4.57 Å². The van der Waals surface area contributed by atoms with Crippen LogP contribution in [0.1, 0.15) is 26.7 Å². The van der Waals surface area contributed by atoms with Crippen molar-refractivity contribution in [2.45, 2.75) is 26.7 Å². The Morgan fingerprint density at radius 3 is 2.47 bits per heavy atom. The number of hydrogen-bond donors (Lipinski definition) is 2. The Balaban J connectivity index is 3.91. The fraction of sp³-hybridized carbons (Fsp3) is 1.00. The molecule has 2 unspecified atom stereocenters. The first kappa shape index (κ1) is 15.1. The lowest BCUT2D eigenvalue weighted by Crippen LogP contribution is -2.10. The zero-order valence-corrected chi connectivity index (χ0v) is 10.6. The van der Waals surface area contributed by atoms with Crippen LogP contribution in [0.15, 0.2) is 0 Å². The third-order valence-corrected chi connectivity index (χ3v) is 5.06. The molecule has 0 spiro atoms. The molecule has 0 radical (unpaired) electrons. The van der Waals surface area contributed by atoms with E-state index in [9.17, 15) is 4.57 Å². The molecule has 0 saturated heterocycles. The normalized spacial score (nSPS) is 17.3. The number of aliphatic hydroxyl groups excluding tert-OH is 2. The fourth-order valence-electron chi connectivity index (χ4n) is 1.25. The van der Waals surface area contributed by atoms with Gasteiger partial charge in [-0.25, -0.2) is 0 Å². The van der Waals surface area contributed by atoms with Gasteiger partial charge in [-0.15, -0.1) is 0 Å². The van der Waals surface area contributed by atoms with Gasteiger partial charge in [0.25, 0.3) is 0 Å². The maximum Gasteiger partial charge on any atom is 0.203 e. The van der Waals surface area contributed by atoms with Gasteiger partial charge < -0.3 is 14.7 Å². The van der Waals surface area contributed by atoms with Crippen molar-refractivity contribution in [2.75, 3.05) is 32.1 Å². The van der Waals surface area contributed by atoms with E-state index >= 15 is 0 Å². The van der Waals surface area contributed by atoms with Gasteiger partial charge in [0, 0.05) is 25.5 Å². The quantitative estimate of drug-likeness (QED) is 0.474. The molecule has 0 aliphatic carbocycles. The smallest absolute Gasteiger partial charge is 0.203 e. The van der Waals surface area contributed by atoms with Gasteiger partial charge in [-0.05, 0) is 18.8 Å². The monoisotopic (exact) mass is 238 g/mol. The van der Waals surface area contributed by atoms with Crippen LogP contribution in [0.5, 0.6) is 0 Å². The van der Waals surface area contributed by atoms with Crippen LogP contribution in [0.4, 0.5) is 0 Å². The third kappa shape index (κ3) is 7.07. The van der Waals surface area contributed by atoms with Crippen molar-refractivity contribution in [3.05, 3.63) is 0 Å². The van der Waals surface area contributed by atoms with E-state index in [-0.39, 0.29) is 19.1 Å². The van der Waals surface area contributed by atoms with Gasteiger partial charge in [0.2, 0.25) is 7.37 Å². The predicted molar refractivity (Wildman–Crippen MR) is 61.5 cm³/mol. The van der Waals surface area contributed by atoms with E-state index in [0.717, 1.165) is 6.42 Å². The lowest BCUT2D eigenvalue weighted by atomic mass is 10.2. The molecular formula is C10H23O4P. The molecule has 0 fully saturated rings. The number of unbranched alkanes of at least 4 members (excludes halogenated alkanes) is 1. The average molecular weight is 238 g/mol. The summed E-state index contributed by atoms with van der Waals surface area (Å²) in [5.74, 6) is 0.0219. The molecule has 5 heteroatoms. The molecule has 2 atom stereocenters. The van der Waals surface area contributed by atoms with Crippen LogP contribution >= 0.6 is 7.37 Å². The lowest BCUT2D eigenvalue weighted by molar-refractivity contribution is 0.235. The summed E-state index contributed by atoms with van der Waals surface area (Å²) in [4.78, 5) is 0. The predicted octanol–water partition coefficient (Wildman–Crippen LogP) is 1.70. The lowest BCUT2D eigenvalue weighted by Gasteiger charge is -2.19. The van der Waals surface area contributed by atoms with Crippen molar-refractivity contribution in [3.8, 4) is 0 Å². The number of hydrogen-bond acceptors (Lipinski definition) is 4. The third-order valence-electron chi connectivity index (χ3n) is 2.26. The first-order chi connectivity index (χ1) is 7.08. The van der Waals surface area contributed by atoms with Crippen molar-refractivity contribution >= 4 is 7.37 Å². The van der Waals surface area contributed by atoms with E-state index < -0.39 is 7.37 Å². The summed E-state index contributed by atoms with van der Waals surface area (Å²) in [5, 5.41) is 17.5. The van der Waals surface area contributed by atoms with Crippen molar-refractivity contribution in [3.63, 3.8) is 0 Å². The highest BCUT2D eigenvalue weighted by atomic mass is 31.2. The Labute approximate surface area is 92.1 Å². The molecule has 0 aromatic carbocycles. The van der Waals surface area contributed by atoms with Crippen LogP contribution in [0, 0.1) is 5.92 Å². The minimum Gasteiger partial charge on any atom is -0.396 e. The molecule has 0 bridgehead atoms. The second kappa shape index (κ2) is 8.28. The van der Waals surface area contributed by atoms with E-state index in [1.54, 1.807) is 0 Å². The van der Waals surface area contributed by atoms with Crippen molar-refractivity contribution < 1.29 is 19.3 Å². The molecule has 2 N–H and O–H groups in total. The summed E-state index contributed by atoms with van der Waals surface area (Å²) >= 11 is 0. The minimum atomic E-state index is -2.55. The van der Waals surface area contributed by atoms with Gasteiger partial charge in [0.05, 0.1) is 6.61 Å². The van der Waals surface area contributed by atoms with E-state index in [1.807, 2.05) is 13.8 Å². The fourth-order valence-corrected chi connectivity index (χ4v) is 3.32. The molecule has 0 amide bonds.